The van der Waals surface area contributed by atoms with Crippen LogP contribution >= 0.6 is 23.2 Å². The Morgan fingerprint density at radius 2 is 1.86 bits per heavy atom. The fraction of sp³-hybridized carbons (Fsp3) is 0.188. The van der Waals surface area contributed by atoms with E-state index in [4.69, 9.17) is 23.2 Å². The molecule has 0 saturated carbocycles. The van der Waals surface area contributed by atoms with Gasteiger partial charge >= 0.3 is 0 Å². The van der Waals surface area contributed by atoms with Gasteiger partial charge < -0.3 is 10.6 Å². The summed E-state index contributed by atoms with van der Waals surface area (Å²) in [7, 11) is 0. The number of hydrogen-bond donors (Lipinski definition) is 2. The lowest BCUT2D eigenvalue weighted by Crippen LogP contribution is -2.23. The van der Waals surface area contributed by atoms with Gasteiger partial charge in [0.15, 0.2) is 0 Å². The molecular formula is C16H14Cl2N2O. The monoisotopic (exact) mass is 320 g/mol. The van der Waals surface area contributed by atoms with E-state index in [9.17, 15) is 4.79 Å². The van der Waals surface area contributed by atoms with Crippen molar-refractivity contribution in [3.63, 3.8) is 0 Å². The van der Waals surface area contributed by atoms with Crippen molar-refractivity contribution in [2.24, 2.45) is 0 Å². The van der Waals surface area contributed by atoms with Crippen molar-refractivity contribution in [1.82, 2.24) is 5.32 Å². The summed E-state index contributed by atoms with van der Waals surface area (Å²) in [6.07, 6.45) is 1.01. The molecule has 1 aliphatic heterocycles. The van der Waals surface area contributed by atoms with Crippen LogP contribution in [0, 0.1) is 0 Å². The summed E-state index contributed by atoms with van der Waals surface area (Å²) < 4.78 is 0. The highest BCUT2D eigenvalue weighted by Crippen LogP contribution is 2.26. The molecule has 1 amide bonds. The summed E-state index contributed by atoms with van der Waals surface area (Å²) in [6, 6.07) is 11.0. The molecule has 0 atom stereocenters. The first kappa shape index (κ1) is 14.4. The lowest BCUT2D eigenvalue weighted by Gasteiger charge is -2.18. The molecule has 2 aromatic rings. The van der Waals surface area contributed by atoms with Gasteiger partial charge in [0.25, 0.3) is 5.91 Å². The maximum Gasteiger partial charge on any atom is 0.258 e. The summed E-state index contributed by atoms with van der Waals surface area (Å²) in [5.74, 6) is -0.297. The molecule has 0 unspecified atom stereocenters. The van der Waals surface area contributed by atoms with Gasteiger partial charge in [-0.3, -0.25) is 4.79 Å². The highest BCUT2D eigenvalue weighted by molar-refractivity contribution is 6.40. The zero-order chi connectivity index (χ0) is 14.8. The van der Waals surface area contributed by atoms with E-state index in [1.807, 2.05) is 12.1 Å². The van der Waals surface area contributed by atoms with E-state index in [2.05, 4.69) is 16.7 Å². The second-order valence-electron chi connectivity index (χ2n) is 4.96. The normalized spacial score (nSPS) is 13.6. The van der Waals surface area contributed by atoms with Crippen LogP contribution in [-0.4, -0.2) is 12.5 Å². The summed E-state index contributed by atoms with van der Waals surface area (Å²) in [4.78, 5) is 12.3. The van der Waals surface area contributed by atoms with Crippen molar-refractivity contribution in [1.29, 1.82) is 0 Å². The van der Waals surface area contributed by atoms with Crippen molar-refractivity contribution in [3.05, 3.63) is 63.1 Å². The molecule has 1 heterocycles. The van der Waals surface area contributed by atoms with Crippen LogP contribution in [0.5, 0.6) is 0 Å². The molecule has 0 saturated heterocycles. The van der Waals surface area contributed by atoms with Crippen molar-refractivity contribution < 1.29 is 4.79 Å². The second-order valence-corrected chi connectivity index (χ2v) is 5.78. The molecule has 0 spiro atoms. The maximum atomic E-state index is 12.3. The van der Waals surface area contributed by atoms with Crippen LogP contribution in [0.4, 0.5) is 5.69 Å². The average Bonchev–Trinajstić information content (AvgIpc) is 2.47. The van der Waals surface area contributed by atoms with Crippen LogP contribution in [0.1, 0.15) is 21.5 Å². The number of carbonyl (C=O) groups is 1. The third kappa shape index (κ3) is 3.05. The maximum absolute atomic E-state index is 12.3. The Balaban J connectivity index is 1.85. The minimum atomic E-state index is -0.297. The number of benzene rings is 2. The van der Waals surface area contributed by atoms with Gasteiger partial charge in [-0.25, -0.2) is 0 Å². The van der Waals surface area contributed by atoms with E-state index in [0.29, 0.717) is 15.6 Å². The van der Waals surface area contributed by atoms with Gasteiger partial charge in [-0.15, -0.1) is 0 Å². The first-order chi connectivity index (χ1) is 10.1. The third-order valence-corrected chi connectivity index (χ3v) is 4.17. The fourth-order valence-electron chi connectivity index (χ4n) is 2.47. The van der Waals surface area contributed by atoms with Crippen LogP contribution in [0.2, 0.25) is 10.0 Å². The molecule has 108 valence electrons. The third-order valence-electron chi connectivity index (χ3n) is 3.54. The standard InChI is InChI=1S/C16H14Cl2N2O/c17-13-2-1-3-14(18)15(13)16(21)20-12-5-4-10-6-7-19-9-11(10)8-12/h1-5,8,19H,6-7,9H2,(H,20,21). The van der Waals surface area contributed by atoms with Crippen LogP contribution in [0.3, 0.4) is 0 Å². The largest absolute Gasteiger partial charge is 0.322 e. The van der Waals surface area contributed by atoms with E-state index < -0.39 is 0 Å². The molecule has 1 aliphatic rings. The van der Waals surface area contributed by atoms with Crippen LogP contribution in [-0.2, 0) is 13.0 Å². The van der Waals surface area contributed by atoms with Crippen LogP contribution in [0.15, 0.2) is 36.4 Å². The molecule has 5 heteroatoms. The lowest BCUT2D eigenvalue weighted by atomic mass is 10.0. The van der Waals surface area contributed by atoms with E-state index in [-0.39, 0.29) is 5.91 Å². The molecule has 0 aliphatic carbocycles. The molecule has 0 bridgehead atoms. The quantitative estimate of drug-likeness (QED) is 0.881. The van der Waals surface area contributed by atoms with Crippen LogP contribution in [0.25, 0.3) is 0 Å². The van der Waals surface area contributed by atoms with E-state index in [1.54, 1.807) is 18.2 Å². The molecule has 0 fully saturated rings. The van der Waals surface area contributed by atoms with Gasteiger partial charge in [0, 0.05) is 12.2 Å². The molecular weight excluding hydrogens is 307 g/mol. The molecule has 3 rings (SSSR count). The number of fused-ring (bicyclic) bond motifs is 1. The Bertz CT molecular complexity index is 680. The summed E-state index contributed by atoms with van der Waals surface area (Å²) >= 11 is 12.1. The number of rotatable bonds is 2. The average molecular weight is 321 g/mol. The molecule has 3 nitrogen and oxygen atoms in total. The van der Waals surface area contributed by atoms with Gasteiger partial charge in [-0.1, -0.05) is 35.3 Å². The number of anilines is 1. The van der Waals surface area contributed by atoms with E-state index in [0.717, 1.165) is 25.2 Å². The zero-order valence-corrected chi connectivity index (χ0v) is 12.8. The molecule has 2 N–H and O–H groups in total. The van der Waals surface area contributed by atoms with Crippen molar-refractivity contribution >= 4 is 34.8 Å². The Morgan fingerprint density at radius 3 is 2.62 bits per heavy atom. The fourth-order valence-corrected chi connectivity index (χ4v) is 3.04. The Morgan fingerprint density at radius 1 is 1.10 bits per heavy atom. The molecule has 0 aromatic heterocycles. The second kappa shape index (κ2) is 6.06. The number of carbonyl (C=O) groups excluding carboxylic acids is 1. The number of nitrogens with one attached hydrogen (secondary N) is 2. The zero-order valence-electron chi connectivity index (χ0n) is 11.2. The number of halogens is 2. The summed E-state index contributed by atoms with van der Waals surface area (Å²) in [6.45, 7) is 1.82. The van der Waals surface area contributed by atoms with Gasteiger partial charge in [0.05, 0.1) is 15.6 Å². The van der Waals surface area contributed by atoms with Crippen molar-refractivity contribution in [2.45, 2.75) is 13.0 Å². The highest BCUT2D eigenvalue weighted by atomic mass is 35.5. The van der Waals surface area contributed by atoms with Gasteiger partial charge in [-0.2, -0.15) is 0 Å². The van der Waals surface area contributed by atoms with E-state index >= 15 is 0 Å². The summed E-state index contributed by atoms with van der Waals surface area (Å²) in [5, 5.41) is 6.86. The Labute approximate surface area is 133 Å². The minimum absolute atomic E-state index is 0.297. The predicted molar refractivity (Wildman–Crippen MR) is 86.3 cm³/mol. The predicted octanol–water partition coefficient (Wildman–Crippen LogP) is 3.89. The Kier molecular flexibility index (Phi) is 4.15. The summed E-state index contributed by atoms with van der Waals surface area (Å²) in [5.41, 5.74) is 3.59. The molecule has 0 radical (unpaired) electrons. The lowest BCUT2D eigenvalue weighted by molar-refractivity contribution is 0.102. The van der Waals surface area contributed by atoms with Crippen molar-refractivity contribution in [3.8, 4) is 0 Å². The van der Waals surface area contributed by atoms with Gasteiger partial charge in [0.1, 0.15) is 0 Å². The smallest absolute Gasteiger partial charge is 0.258 e. The minimum Gasteiger partial charge on any atom is -0.322 e. The van der Waals surface area contributed by atoms with Crippen LogP contribution < -0.4 is 10.6 Å². The Hall–Kier alpha value is -1.55. The highest BCUT2D eigenvalue weighted by Gasteiger charge is 2.15. The SMILES string of the molecule is O=C(Nc1ccc2c(c1)CNCC2)c1c(Cl)cccc1Cl. The molecule has 21 heavy (non-hydrogen) atoms. The topological polar surface area (TPSA) is 41.1 Å². The van der Waals surface area contributed by atoms with Gasteiger partial charge in [0.2, 0.25) is 0 Å². The number of amides is 1. The first-order valence-electron chi connectivity index (χ1n) is 6.73. The van der Waals surface area contributed by atoms with E-state index in [1.165, 1.54) is 11.1 Å². The van der Waals surface area contributed by atoms with Gasteiger partial charge in [-0.05, 0) is 48.4 Å². The number of hydrogen-bond acceptors (Lipinski definition) is 2. The first-order valence-corrected chi connectivity index (χ1v) is 7.48. The molecule has 2 aromatic carbocycles. The van der Waals surface area contributed by atoms with Crippen molar-refractivity contribution in [2.75, 3.05) is 11.9 Å².